The third-order valence-electron chi connectivity index (χ3n) is 2.80. The number of pyridine rings is 1. The van der Waals surface area contributed by atoms with Gasteiger partial charge in [-0.25, -0.2) is 0 Å². The van der Waals surface area contributed by atoms with E-state index in [9.17, 15) is 0 Å². The van der Waals surface area contributed by atoms with Gasteiger partial charge in [0.1, 0.15) is 12.4 Å². The summed E-state index contributed by atoms with van der Waals surface area (Å²) < 4.78 is 6.62. The van der Waals surface area contributed by atoms with Crippen LogP contribution in [0.4, 0.5) is 0 Å². The maximum atomic E-state index is 5.66. The largest absolute Gasteiger partial charge is 0.491 e. The van der Waals surface area contributed by atoms with Crippen LogP contribution in [0.2, 0.25) is 0 Å². The lowest BCUT2D eigenvalue weighted by molar-refractivity contribution is 0.183. The summed E-state index contributed by atoms with van der Waals surface area (Å²) in [5, 5.41) is 0. The van der Waals surface area contributed by atoms with Gasteiger partial charge < -0.3 is 4.74 Å². The van der Waals surface area contributed by atoms with Gasteiger partial charge >= 0.3 is 0 Å². The smallest absolute Gasteiger partial charge is 0.138 e. The second kappa shape index (κ2) is 6.21. The molecule has 2 heterocycles. The number of hydrogen-bond acceptors (Lipinski definition) is 3. The van der Waals surface area contributed by atoms with Gasteiger partial charge in [0.25, 0.3) is 0 Å². The van der Waals surface area contributed by atoms with E-state index in [1.165, 1.54) is 32.4 Å². The molecule has 0 atom stereocenters. The van der Waals surface area contributed by atoms with E-state index in [0.29, 0.717) is 0 Å². The monoisotopic (exact) mass is 284 g/mol. The van der Waals surface area contributed by atoms with Gasteiger partial charge in [0.2, 0.25) is 0 Å². The lowest BCUT2D eigenvalue weighted by Gasteiger charge is -2.26. The van der Waals surface area contributed by atoms with Crippen molar-refractivity contribution in [2.24, 2.45) is 0 Å². The van der Waals surface area contributed by atoms with E-state index in [0.717, 1.165) is 23.4 Å². The molecule has 2 rings (SSSR count). The van der Waals surface area contributed by atoms with Gasteiger partial charge in [0, 0.05) is 17.2 Å². The van der Waals surface area contributed by atoms with Crippen LogP contribution in [0, 0.1) is 0 Å². The summed E-state index contributed by atoms with van der Waals surface area (Å²) in [5.74, 6) is 0.839. The molecule has 88 valence electrons. The van der Waals surface area contributed by atoms with Gasteiger partial charge in [0.05, 0.1) is 6.20 Å². The lowest BCUT2D eigenvalue weighted by atomic mass is 10.1. The van der Waals surface area contributed by atoms with Crippen molar-refractivity contribution in [2.75, 3.05) is 26.2 Å². The highest BCUT2D eigenvalue weighted by atomic mass is 79.9. The Labute approximate surface area is 105 Å². The van der Waals surface area contributed by atoms with E-state index in [-0.39, 0.29) is 0 Å². The standard InChI is InChI=1S/C12H17BrN2O/c13-11-8-12(10-14-9-11)16-7-6-15-4-2-1-3-5-15/h8-10H,1-7H2. The van der Waals surface area contributed by atoms with E-state index in [1.807, 2.05) is 6.07 Å². The zero-order valence-corrected chi connectivity index (χ0v) is 10.9. The van der Waals surface area contributed by atoms with Crippen LogP contribution in [-0.2, 0) is 0 Å². The maximum Gasteiger partial charge on any atom is 0.138 e. The Morgan fingerprint density at radius 2 is 2.06 bits per heavy atom. The third-order valence-corrected chi connectivity index (χ3v) is 3.24. The molecule has 1 aliphatic rings. The van der Waals surface area contributed by atoms with Crippen molar-refractivity contribution in [1.82, 2.24) is 9.88 Å². The fourth-order valence-electron chi connectivity index (χ4n) is 1.95. The molecule has 4 heteroatoms. The van der Waals surface area contributed by atoms with Crippen molar-refractivity contribution in [3.63, 3.8) is 0 Å². The molecule has 1 aromatic rings. The van der Waals surface area contributed by atoms with Gasteiger partial charge in [-0.15, -0.1) is 0 Å². The summed E-state index contributed by atoms with van der Waals surface area (Å²) in [6.07, 6.45) is 7.56. The molecule has 0 bridgehead atoms. The molecule has 0 aliphatic carbocycles. The van der Waals surface area contributed by atoms with E-state index in [1.54, 1.807) is 12.4 Å². The fourth-order valence-corrected chi connectivity index (χ4v) is 2.29. The molecule has 0 N–H and O–H groups in total. The fraction of sp³-hybridized carbons (Fsp3) is 0.583. The van der Waals surface area contributed by atoms with Crippen LogP contribution in [0.3, 0.4) is 0 Å². The zero-order chi connectivity index (χ0) is 11.2. The number of nitrogens with zero attached hydrogens (tertiary/aromatic N) is 2. The summed E-state index contributed by atoms with van der Waals surface area (Å²) in [5.41, 5.74) is 0. The molecule has 0 amide bonds. The van der Waals surface area contributed by atoms with Crippen LogP contribution in [-0.4, -0.2) is 36.1 Å². The Morgan fingerprint density at radius 3 is 2.81 bits per heavy atom. The van der Waals surface area contributed by atoms with Crippen molar-refractivity contribution < 1.29 is 4.74 Å². The molecular formula is C12H17BrN2O. The molecule has 0 unspecified atom stereocenters. The topological polar surface area (TPSA) is 25.4 Å². The SMILES string of the molecule is Brc1cncc(OCCN2CCCCC2)c1. The summed E-state index contributed by atoms with van der Waals surface area (Å²) in [6.45, 7) is 4.21. The van der Waals surface area contributed by atoms with Crippen molar-refractivity contribution in [2.45, 2.75) is 19.3 Å². The Balaban J connectivity index is 1.71. The van der Waals surface area contributed by atoms with E-state index >= 15 is 0 Å². The number of likely N-dealkylation sites (tertiary alicyclic amines) is 1. The third kappa shape index (κ3) is 3.76. The summed E-state index contributed by atoms with van der Waals surface area (Å²) in [4.78, 5) is 6.53. The first-order valence-electron chi connectivity index (χ1n) is 5.80. The van der Waals surface area contributed by atoms with Crippen molar-refractivity contribution >= 4 is 15.9 Å². The first kappa shape index (κ1) is 11.9. The van der Waals surface area contributed by atoms with Crippen LogP contribution < -0.4 is 4.74 Å². The van der Waals surface area contributed by atoms with E-state index < -0.39 is 0 Å². The minimum Gasteiger partial charge on any atom is -0.491 e. The Hall–Kier alpha value is -0.610. The number of rotatable bonds is 4. The molecule has 1 aromatic heterocycles. The number of halogens is 1. The van der Waals surface area contributed by atoms with Crippen LogP contribution in [0.25, 0.3) is 0 Å². The van der Waals surface area contributed by atoms with Crippen LogP contribution in [0.15, 0.2) is 22.9 Å². The van der Waals surface area contributed by atoms with Crippen molar-refractivity contribution in [1.29, 1.82) is 0 Å². The Kier molecular flexibility index (Phi) is 4.60. The number of ether oxygens (including phenoxy) is 1. The van der Waals surface area contributed by atoms with Crippen molar-refractivity contribution in [3.8, 4) is 5.75 Å². The number of hydrogen-bond donors (Lipinski definition) is 0. The van der Waals surface area contributed by atoms with Gasteiger partial charge in [-0.1, -0.05) is 6.42 Å². The molecule has 1 saturated heterocycles. The van der Waals surface area contributed by atoms with Crippen LogP contribution >= 0.6 is 15.9 Å². The Bertz CT molecular complexity index is 327. The second-order valence-corrected chi connectivity index (χ2v) is 5.01. The summed E-state index contributed by atoms with van der Waals surface area (Å²) in [7, 11) is 0. The van der Waals surface area contributed by atoms with E-state index in [4.69, 9.17) is 4.74 Å². The average Bonchev–Trinajstić information content (AvgIpc) is 2.30. The first-order chi connectivity index (χ1) is 7.84. The molecule has 16 heavy (non-hydrogen) atoms. The molecule has 1 fully saturated rings. The van der Waals surface area contributed by atoms with Crippen molar-refractivity contribution in [3.05, 3.63) is 22.9 Å². The number of piperidine rings is 1. The van der Waals surface area contributed by atoms with Crippen LogP contribution in [0.1, 0.15) is 19.3 Å². The average molecular weight is 285 g/mol. The zero-order valence-electron chi connectivity index (χ0n) is 9.36. The number of aromatic nitrogens is 1. The molecule has 0 saturated carbocycles. The first-order valence-corrected chi connectivity index (χ1v) is 6.59. The molecule has 0 aromatic carbocycles. The minimum atomic E-state index is 0.748. The second-order valence-electron chi connectivity index (χ2n) is 4.09. The van der Waals surface area contributed by atoms with Crippen LogP contribution in [0.5, 0.6) is 5.75 Å². The van der Waals surface area contributed by atoms with E-state index in [2.05, 4.69) is 25.8 Å². The highest BCUT2D eigenvalue weighted by Crippen LogP contribution is 2.16. The predicted molar refractivity (Wildman–Crippen MR) is 67.7 cm³/mol. The quantitative estimate of drug-likeness (QED) is 0.850. The Morgan fingerprint density at radius 1 is 1.25 bits per heavy atom. The molecule has 0 spiro atoms. The van der Waals surface area contributed by atoms with Gasteiger partial charge in [0.15, 0.2) is 0 Å². The molecular weight excluding hydrogens is 268 g/mol. The molecule has 0 radical (unpaired) electrons. The van der Waals surface area contributed by atoms with Gasteiger partial charge in [-0.2, -0.15) is 0 Å². The van der Waals surface area contributed by atoms with Gasteiger partial charge in [-0.3, -0.25) is 9.88 Å². The minimum absolute atomic E-state index is 0.748. The van der Waals surface area contributed by atoms with Gasteiger partial charge in [-0.05, 0) is 47.9 Å². The summed E-state index contributed by atoms with van der Waals surface area (Å²) in [6, 6.07) is 1.95. The highest BCUT2D eigenvalue weighted by molar-refractivity contribution is 9.10. The maximum absolute atomic E-state index is 5.66. The lowest BCUT2D eigenvalue weighted by Crippen LogP contribution is -2.33. The normalized spacial score (nSPS) is 17.3. The molecule has 3 nitrogen and oxygen atoms in total. The molecule has 1 aliphatic heterocycles. The highest BCUT2D eigenvalue weighted by Gasteiger charge is 2.09. The predicted octanol–water partition coefficient (Wildman–Crippen LogP) is 2.71. The summed E-state index contributed by atoms with van der Waals surface area (Å²) >= 11 is 3.38.